The number of amides is 1. The smallest absolute Gasteiger partial charge is 0.411 e. The standard InChI is InChI=1S/C18H28N2O3/c1-2-14-22-17-9-7-16(8-10-17)19-18(21)23-15-13-20-11-5-3-4-6-12-20/h7-10H,2-6,11-15H2,1H3,(H,19,21). The van der Waals surface area contributed by atoms with Crippen molar-refractivity contribution < 1.29 is 14.3 Å². The Labute approximate surface area is 139 Å². The van der Waals surface area contributed by atoms with Crippen molar-refractivity contribution >= 4 is 11.8 Å². The van der Waals surface area contributed by atoms with Gasteiger partial charge in [0.1, 0.15) is 12.4 Å². The molecule has 0 unspecified atom stereocenters. The highest BCUT2D eigenvalue weighted by atomic mass is 16.5. The molecule has 0 atom stereocenters. The number of hydrogen-bond acceptors (Lipinski definition) is 4. The van der Waals surface area contributed by atoms with Crippen LogP contribution in [0, 0.1) is 0 Å². The zero-order valence-corrected chi connectivity index (χ0v) is 14.1. The van der Waals surface area contributed by atoms with Crippen LogP contribution in [0.3, 0.4) is 0 Å². The molecule has 1 amide bonds. The lowest BCUT2D eigenvalue weighted by molar-refractivity contribution is 0.140. The molecule has 0 spiro atoms. The second-order valence-electron chi connectivity index (χ2n) is 5.89. The van der Waals surface area contributed by atoms with Crippen LogP contribution in [0.4, 0.5) is 10.5 Å². The third kappa shape index (κ3) is 6.91. The summed E-state index contributed by atoms with van der Waals surface area (Å²) in [5, 5.41) is 2.74. The quantitative estimate of drug-likeness (QED) is 0.828. The molecule has 1 heterocycles. The van der Waals surface area contributed by atoms with Crippen molar-refractivity contribution in [3.05, 3.63) is 24.3 Å². The van der Waals surface area contributed by atoms with E-state index in [0.717, 1.165) is 31.8 Å². The average molecular weight is 320 g/mol. The summed E-state index contributed by atoms with van der Waals surface area (Å²) in [6.07, 6.45) is 5.70. The number of anilines is 1. The van der Waals surface area contributed by atoms with Gasteiger partial charge in [-0.25, -0.2) is 4.79 Å². The number of carbonyl (C=O) groups excluding carboxylic acids is 1. The number of nitrogens with one attached hydrogen (secondary N) is 1. The van der Waals surface area contributed by atoms with E-state index in [4.69, 9.17) is 9.47 Å². The number of nitrogens with zero attached hydrogens (tertiary/aromatic N) is 1. The van der Waals surface area contributed by atoms with Crippen molar-refractivity contribution in [1.82, 2.24) is 4.90 Å². The molecule has 2 rings (SSSR count). The molecule has 1 N–H and O–H groups in total. The van der Waals surface area contributed by atoms with Crippen LogP contribution in [0.5, 0.6) is 5.75 Å². The highest BCUT2D eigenvalue weighted by Gasteiger charge is 2.10. The van der Waals surface area contributed by atoms with Crippen LogP contribution < -0.4 is 10.1 Å². The Kier molecular flexibility index (Phi) is 7.73. The molecule has 128 valence electrons. The SMILES string of the molecule is CCCOc1ccc(NC(=O)OCCN2CCCCCC2)cc1. The average Bonchev–Trinajstić information content (AvgIpc) is 2.83. The Balaban J connectivity index is 1.65. The van der Waals surface area contributed by atoms with Gasteiger partial charge in [0.25, 0.3) is 0 Å². The molecule has 1 aromatic carbocycles. The highest BCUT2D eigenvalue weighted by Crippen LogP contribution is 2.16. The van der Waals surface area contributed by atoms with Crippen molar-refractivity contribution in [2.24, 2.45) is 0 Å². The number of likely N-dealkylation sites (tertiary alicyclic amines) is 1. The molecule has 5 heteroatoms. The van der Waals surface area contributed by atoms with Crippen molar-refractivity contribution in [2.75, 3.05) is 38.2 Å². The summed E-state index contributed by atoms with van der Waals surface area (Å²) in [6.45, 7) is 6.25. The minimum Gasteiger partial charge on any atom is -0.494 e. The predicted molar refractivity (Wildman–Crippen MR) is 92.1 cm³/mol. The maximum Gasteiger partial charge on any atom is 0.411 e. The fourth-order valence-corrected chi connectivity index (χ4v) is 2.64. The zero-order chi connectivity index (χ0) is 16.3. The van der Waals surface area contributed by atoms with Crippen molar-refractivity contribution in [3.8, 4) is 5.75 Å². The van der Waals surface area contributed by atoms with Crippen LogP contribution in [0.1, 0.15) is 39.0 Å². The zero-order valence-electron chi connectivity index (χ0n) is 14.1. The molecular weight excluding hydrogens is 292 g/mol. The molecule has 1 aliphatic heterocycles. The molecule has 0 aliphatic carbocycles. The van der Waals surface area contributed by atoms with Crippen molar-refractivity contribution in [2.45, 2.75) is 39.0 Å². The van der Waals surface area contributed by atoms with Gasteiger partial charge in [0.15, 0.2) is 0 Å². The third-order valence-corrected chi connectivity index (χ3v) is 3.91. The van der Waals surface area contributed by atoms with Crippen LogP contribution in [-0.2, 0) is 4.74 Å². The monoisotopic (exact) mass is 320 g/mol. The first-order valence-corrected chi connectivity index (χ1v) is 8.67. The van der Waals surface area contributed by atoms with E-state index in [1.807, 2.05) is 24.3 Å². The molecule has 0 aromatic heterocycles. The number of carbonyl (C=O) groups is 1. The summed E-state index contributed by atoms with van der Waals surface area (Å²) in [5.41, 5.74) is 0.716. The van der Waals surface area contributed by atoms with Gasteiger partial charge in [-0.1, -0.05) is 19.8 Å². The summed E-state index contributed by atoms with van der Waals surface area (Å²) in [5.74, 6) is 0.812. The summed E-state index contributed by atoms with van der Waals surface area (Å²) in [4.78, 5) is 14.2. The lowest BCUT2D eigenvalue weighted by Gasteiger charge is -2.19. The van der Waals surface area contributed by atoms with Gasteiger partial charge in [-0.15, -0.1) is 0 Å². The van der Waals surface area contributed by atoms with Gasteiger partial charge in [-0.3, -0.25) is 10.2 Å². The summed E-state index contributed by atoms with van der Waals surface area (Å²) in [6, 6.07) is 7.34. The van der Waals surface area contributed by atoms with E-state index in [2.05, 4.69) is 17.1 Å². The van der Waals surface area contributed by atoms with E-state index in [9.17, 15) is 4.79 Å². The summed E-state index contributed by atoms with van der Waals surface area (Å²) >= 11 is 0. The van der Waals surface area contributed by atoms with Crippen LogP contribution in [-0.4, -0.2) is 43.8 Å². The van der Waals surface area contributed by atoms with Crippen LogP contribution in [0.15, 0.2) is 24.3 Å². The Hall–Kier alpha value is -1.75. The predicted octanol–water partition coefficient (Wildman–Crippen LogP) is 3.90. The van der Waals surface area contributed by atoms with E-state index in [0.29, 0.717) is 18.9 Å². The Morgan fingerprint density at radius 2 is 1.78 bits per heavy atom. The van der Waals surface area contributed by atoms with Crippen LogP contribution in [0.2, 0.25) is 0 Å². The molecule has 1 aromatic rings. The lowest BCUT2D eigenvalue weighted by atomic mass is 10.2. The van der Waals surface area contributed by atoms with Crippen LogP contribution in [0.25, 0.3) is 0 Å². The highest BCUT2D eigenvalue weighted by molar-refractivity contribution is 5.84. The molecule has 1 fully saturated rings. The van der Waals surface area contributed by atoms with E-state index in [-0.39, 0.29) is 0 Å². The number of hydrogen-bond donors (Lipinski definition) is 1. The fourth-order valence-electron chi connectivity index (χ4n) is 2.64. The van der Waals surface area contributed by atoms with Crippen molar-refractivity contribution in [1.29, 1.82) is 0 Å². The van der Waals surface area contributed by atoms with Crippen LogP contribution >= 0.6 is 0 Å². The van der Waals surface area contributed by atoms with E-state index < -0.39 is 6.09 Å². The van der Waals surface area contributed by atoms with E-state index in [1.54, 1.807) is 0 Å². The number of ether oxygens (including phenoxy) is 2. The molecule has 0 saturated carbocycles. The van der Waals surface area contributed by atoms with E-state index >= 15 is 0 Å². The molecule has 23 heavy (non-hydrogen) atoms. The maximum absolute atomic E-state index is 11.8. The van der Waals surface area contributed by atoms with Gasteiger partial charge in [-0.2, -0.15) is 0 Å². The van der Waals surface area contributed by atoms with Gasteiger partial charge in [0, 0.05) is 12.2 Å². The normalized spacial score (nSPS) is 15.7. The molecule has 1 aliphatic rings. The molecule has 0 bridgehead atoms. The summed E-state index contributed by atoms with van der Waals surface area (Å²) < 4.78 is 10.8. The largest absolute Gasteiger partial charge is 0.494 e. The second kappa shape index (κ2) is 10.1. The lowest BCUT2D eigenvalue weighted by Crippen LogP contribution is -2.30. The second-order valence-corrected chi connectivity index (χ2v) is 5.89. The number of rotatable bonds is 7. The van der Waals surface area contributed by atoms with Gasteiger partial charge in [0.2, 0.25) is 0 Å². The molecular formula is C18H28N2O3. The first kappa shape index (κ1) is 17.6. The Morgan fingerprint density at radius 1 is 1.09 bits per heavy atom. The first-order valence-electron chi connectivity index (χ1n) is 8.67. The van der Waals surface area contributed by atoms with Gasteiger partial charge >= 0.3 is 6.09 Å². The fraction of sp³-hybridized carbons (Fsp3) is 0.611. The molecule has 5 nitrogen and oxygen atoms in total. The van der Waals surface area contributed by atoms with Gasteiger partial charge in [0.05, 0.1) is 6.61 Å². The third-order valence-electron chi connectivity index (χ3n) is 3.91. The molecule has 1 saturated heterocycles. The maximum atomic E-state index is 11.8. The van der Waals surface area contributed by atoms with Gasteiger partial charge in [-0.05, 0) is 56.6 Å². The Morgan fingerprint density at radius 3 is 2.43 bits per heavy atom. The topological polar surface area (TPSA) is 50.8 Å². The Bertz CT molecular complexity index is 454. The first-order chi connectivity index (χ1) is 11.3. The summed E-state index contributed by atoms with van der Waals surface area (Å²) in [7, 11) is 0. The minimum absolute atomic E-state index is 0.401. The molecule has 0 radical (unpaired) electrons. The number of benzene rings is 1. The minimum atomic E-state index is -0.401. The van der Waals surface area contributed by atoms with Gasteiger partial charge < -0.3 is 9.47 Å². The van der Waals surface area contributed by atoms with Crippen molar-refractivity contribution in [3.63, 3.8) is 0 Å². The van der Waals surface area contributed by atoms with E-state index in [1.165, 1.54) is 25.7 Å².